The minimum atomic E-state index is -1.09. The van der Waals surface area contributed by atoms with Crippen LogP contribution in [0.25, 0.3) is 0 Å². The van der Waals surface area contributed by atoms with Gasteiger partial charge in [0.25, 0.3) is 5.56 Å². The maximum absolute atomic E-state index is 11.5. The van der Waals surface area contributed by atoms with Gasteiger partial charge in [-0.25, -0.2) is 4.79 Å². The molecular weight excluding hydrogens is 282 g/mol. The van der Waals surface area contributed by atoms with Gasteiger partial charge < -0.3 is 14.4 Å². The molecule has 0 spiro atoms. The predicted octanol–water partition coefficient (Wildman–Crippen LogP) is 2.28. The normalized spacial score (nSPS) is 10.2. The molecule has 1 aromatic carbocycles. The van der Waals surface area contributed by atoms with E-state index in [9.17, 15) is 9.59 Å². The SMILES string of the molecule is O=C(O)c1ccc(Cl)cc1OCCn1ccccc1=O. The van der Waals surface area contributed by atoms with E-state index in [1.807, 2.05) is 0 Å². The Kier molecular flexibility index (Phi) is 4.42. The van der Waals surface area contributed by atoms with Crippen molar-refractivity contribution in [3.63, 3.8) is 0 Å². The average Bonchev–Trinajstić information content (AvgIpc) is 2.41. The van der Waals surface area contributed by atoms with Crippen LogP contribution in [0, 0.1) is 0 Å². The van der Waals surface area contributed by atoms with Crippen molar-refractivity contribution < 1.29 is 14.6 Å². The van der Waals surface area contributed by atoms with E-state index in [-0.39, 0.29) is 23.5 Å². The van der Waals surface area contributed by atoms with Crippen molar-refractivity contribution in [2.24, 2.45) is 0 Å². The molecule has 0 bridgehead atoms. The van der Waals surface area contributed by atoms with Crippen LogP contribution in [0.2, 0.25) is 5.02 Å². The molecule has 6 heteroatoms. The monoisotopic (exact) mass is 293 g/mol. The first-order chi connectivity index (χ1) is 9.58. The highest BCUT2D eigenvalue weighted by Crippen LogP contribution is 2.23. The number of hydrogen-bond acceptors (Lipinski definition) is 3. The van der Waals surface area contributed by atoms with E-state index in [0.29, 0.717) is 11.6 Å². The van der Waals surface area contributed by atoms with E-state index < -0.39 is 5.97 Å². The highest BCUT2D eigenvalue weighted by Gasteiger charge is 2.11. The van der Waals surface area contributed by atoms with E-state index >= 15 is 0 Å². The minimum absolute atomic E-state index is 0.0369. The van der Waals surface area contributed by atoms with Gasteiger partial charge in [-0.05, 0) is 24.3 Å². The summed E-state index contributed by atoms with van der Waals surface area (Å²) in [6.45, 7) is 0.496. The van der Waals surface area contributed by atoms with Crippen molar-refractivity contribution in [2.45, 2.75) is 6.54 Å². The summed E-state index contributed by atoms with van der Waals surface area (Å²) in [6, 6.07) is 9.15. The first-order valence-corrected chi connectivity index (χ1v) is 6.27. The van der Waals surface area contributed by atoms with Gasteiger partial charge in [0.2, 0.25) is 0 Å². The van der Waals surface area contributed by atoms with Crippen molar-refractivity contribution in [1.29, 1.82) is 0 Å². The molecular formula is C14H12ClNO4. The third-order valence-electron chi connectivity index (χ3n) is 2.66. The Hall–Kier alpha value is -2.27. The number of carboxylic acid groups (broad SMARTS) is 1. The molecule has 0 radical (unpaired) electrons. The van der Waals surface area contributed by atoms with Gasteiger partial charge in [-0.15, -0.1) is 0 Å². The second-order valence-electron chi connectivity index (χ2n) is 4.03. The second-order valence-corrected chi connectivity index (χ2v) is 4.46. The van der Waals surface area contributed by atoms with Crippen LogP contribution >= 0.6 is 11.6 Å². The van der Waals surface area contributed by atoms with Gasteiger partial charge in [0, 0.05) is 17.3 Å². The molecule has 1 aromatic heterocycles. The molecule has 5 nitrogen and oxygen atoms in total. The fourth-order valence-electron chi connectivity index (χ4n) is 1.69. The molecule has 0 unspecified atom stereocenters. The molecule has 0 atom stereocenters. The van der Waals surface area contributed by atoms with E-state index in [4.69, 9.17) is 21.4 Å². The summed E-state index contributed by atoms with van der Waals surface area (Å²) in [5.74, 6) is -0.900. The Morgan fingerprint density at radius 2 is 2.10 bits per heavy atom. The molecule has 0 saturated carbocycles. The largest absolute Gasteiger partial charge is 0.491 e. The van der Waals surface area contributed by atoms with Gasteiger partial charge in [0.1, 0.15) is 17.9 Å². The van der Waals surface area contributed by atoms with Crippen LogP contribution in [0.1, 0.15) is 10.4 Å². The summed E-state index contributed by atoms with van der Waals surface area (Å²) >= 11 is 5.81. The Bertz CT molecular complexity index is 681. The highest BCUT2D eigenvalue weighted by molar-refractivity contribution is 6.30. The molecule has 0 aliphatic heterocycles. The Morgan fingerprint density at radius 3 is 2.80 bits per heavy atom. The number of benzene rings is 1. The maximum atomic E-state index is 11.5. The zero-order valence-corrected chi connectivity index (χ0v) is 11.2. The summed E-state index contributed by atoms with van der Waals surface area (Å²) in [7, 11) is 0. The third-order valence-corrected chi connectivity index (χ3v) is 2.90. The van der Waals surface area contributed by atoms with E-state index in [1.165, 1.54) is 28.8 Å². The number of nitrogens with zero attached hydrogens (tertiary/aromatic N) is 1. The van der Waals surface area contributed by atoms with Gasteiger partial charge in [0.05, 0.1) is 6.54 Å². The third kappa shape index (κ3) is 3.39. The first kappa shape index (κ1) is 14.1. The lowest BCUT2D eigenvalue weighted by Crippen LogP contribution is -2.21. The van der Waals surface area contributed by atoms with Gasteiger partial charge in [0.15, 0.2) is 0 Å². The number of carbonyl (C=O) groups is 1. The second kappa shape index (κ2) is 6.25. The summed E-state index contributed by atoms with van der Waals surface area (Å²) in [5.41, 5.74) is -0.101. The number of aromatic carboxylic acids is 1. The molecule has 1 heterocycles. The van der Waals surface area contributed by atoms with Crippen LogP contribution in [-0.2, 0) is 6.54 Å². The van der Waals surface area contributed by atoms with E-state index in [2.05, 4.69) is 0 Å². The van der Waals surface area contributed by atoms with Crippen molar-refractivity contribution >= 4 is 17.6 Å². The number of rotatable bonds is 5. The van der Waals surface area contributed by atoms with Gasteiger partial charge in [-0.2, -0.15) is 0 Å². The predicted molar refractivity (Wildman–Crippen MR) is 74.6 cm³/mol. The molecule has 20 heavy (non-hydrogen) atoms. The lowest BCUT2D eigenvalue weighted by molar-refractivity contribution is 0.0692. The molecule has 0 saturated heterocycles. The molecule has 1 N–H and O–H groups in total. The molecule has 0 aliphatic carbocycles. The van der Waals surface area contributed by atoms with Gasteiger partial charge in [-0.1, -0.05) is 17.7 Å². The highest BCUT2D eigenvalue weighted by atomic mass is 35.5. The van der Waals surface area contributed by atoms with Crippen LogP contribution in [0.4, 0.5) is 0 Å². The molecule has 0 fully saturated rings. The lowest BCUT2D eigenvalue weighted by atomic mass is 10.2. The summed E-state index contributed by atoms with van der Waals surface area (Å²) in [5, 5.41) is 9.43. The molecule has 0 aliphatic rings. The number of pyridine rings is 1. The summed E-state index contributed by atoms with van der Waals surface area (Å²) < 4.78 is 6.89. The Balaban J connectivity index is 2.08. The number of aromatic nitrogens is 1. The smallest absolute Gasteiger partial charge is 0.339 e. The van der Waals surface area contributed by atoms with Crippen LogP contribution < -0.4 is 10.3 Å². The van der Waals surface area contributed by atoms with Gasteiger partial charge in [-0.3, -0.25) is 4.79 Å². The lowest BCUT2D eigenvalue weighted by Gasteiger charge is -2.10. The molecule has 0 amide bonds. The van der Waals surface area contributed by atoms with Crippen molar-refractivity contribution in [3.05, 3.63) is 63.5 Å². The van der Waals surface area contributed by atoms with Crippen LogP contribution in [-0.4, -0.2) is 22.2 Å². The standard InChI is InChI=1S/C14H12ClNO4/c15-10-4-5-11(14(18)19)12(9-10)20-8-7-16-6-2-1-3-13(16)17/h1-6,9H,7-8H2,(H,18,19). The summed E-state index contributed by atoms with van der Waals surface area (Å²) in [4.78, 5) is 22.5. The Morgan fingerprint density at radius 1 is 1.30 bits per heavy atom. The number of halogens is 1. The maximum Gasteiger partial charge on any atom is 0.339 e. The molecule has 2 rings (SSSR count). The molecule has 2 aromatic rings. The van der Waals surface area contributed by atoms with Crippen LogP contribution in [0.5, 0.6) is 5.75 Å². The Labute approximate surface area is 120 Å². The van der Waals surface area contributed by atoms with Gasteiger partial charge >= 0.3 is 5.97 Å². The van der Waals surface area contributed by atoms with Crippen molar-refractivity contribution in [1.82, 2.24) is 4.57 Å². The molecule has 104 valence electrons. The van der Waals surface area contributed by atoms with Crippen LogP contribution in [0.3, 0.4) is 0 Å². The van der Waals surface area contributed by atoms with Crippen molar-refractivity contribution in [2.75, 3.05) is 6.61 Å². The number of carboxylic acids is 1. The fourth-order valence-corrected chi connectivity index (χ4v) is 1.85. The number of ether oxygens (including phenoxy) is 1. The summed E-state index contributed by atoms with van der Waals surface area (Å²) in [6.07, 6.45) is 1.64. The first-order valence-electron chi connectivity index (χ1n) is 5.89. The van der Waals surface area contributed by atoms with E-state index in [0.717, 1.165) is 0 Å². The van der Waals surface area contributed by atoms with Crippen LogP contribution in [0.15, 0.2) is 47.4 Å². The number of hydrogen-bond donors (Lipinski definition) is 1. The minimum Gasteiger partial charge on any atom is -0.491 e. The topological polar surface area (TPSA) is 68.5 Å². The zero-order chi connectivity index (χ0) is 14.5. The average molecular weight is 294 g/mol. The quantitative estimate of drug-likeness (QED) is 0.918. The zero-order valence-electron chi connectivity index (χ0n) is 10.5. The fraction of sp³-hybridized carbons (Fsp3) is 0.143. The van der Waals surface area contributed by atoms with Crippen molar-refractivity contribution in [3.8, 4) is 5.75 Å². The van der Waals surface area contributed by atoms with E-state index in [1.54, 1.807) is 18.3 Å².